The Morgan fingerprint density at radius 3 is 2.78 bits per heavy atom. The molecular weight excluding hydrogens is 302 g/mol. The van der Waals surface area contributed by atoms with Crippen LogP contribution in [0, 0.1) is 23.0 Å². The van der Waals surface area contributed by atoms with Crippen molar-refractivity contribution in [2.24, 2.45) is 11.3 Å². The van der Waals surface area contributed by atoms with E-state index in [-0.39, 0.29) is 23.6 Å². The predicted octanol–water partition coefficient (Wildman–Crippen LogP) is 3.14. The Morgan fingerprint density at radius 2 is 2.09 bits per heavy atom. The molecule has 0 radical (unpaired) electrons. The Bertz CT molecular complexity index is 621. The summed E-state index contributed by atoms with van der Waals surface area (Å²) in [7, 11) is 0. The van der Waals surface area contributed by atoms with Crippen LogP contribution >= 0.6 is 0 Å². The van der Waals surface area contributed by atoms with Gasteiger partial charge in [0, 0.05) is 24.0 Å². The molecule has 1 aliphatic carbocycles. The molecule has 1 saturated carbocycles. The molecule has 23 heavy (non-hydrogen) atoms. The van der Waals surface area contributed by atoms with Gasteiger partial charge in [0.2, 0.25) is 0 Å². The molecule has 0 aromatic heterocycles. The molecule has 3 rings (SSSR count). The van der Waals surface area contributed by atoms with E-state index in [0.717, 1.165) is 25.2 Å². The van der Waals surface area contributed by atoms with Gasteiger partial charge in [-0.15, -0.1) is 0 Å². The summed E-state index contributed by atoms with van der Waals surface area (Å²) < 4.78 is 32.0. The van der Waals surface area contributed by atoms with Crippen molar-refractivity contribution in [3.05, 3.63) is 35.4 Å². The number of rotatable bonds is 3. The molecule has 6 heteroatoms. The first-order chi connectivity index (χ1) is 10.8. The number of fused-ring (bicyclic) bond motifs is 1. The average molecular weight is 324 g/mol. The van der Waals surface area contributed by atoms with E-state index >= 15 is 0 Å². The van der Waals surface area contributed by atoms with Gasteiger partial charge < -0.3 is 15.4 Å². The first-order valence-electron chi connectivity index (χ1n) is 7.94. The molecule has 0 unspecified atom stereocenters. The second-order valence-corrected chi connectivity index (χ2v) is 7.06. The molecule has 1 saturated heterocycles. The predicted molar refractivity (Wildman–Crippen MR) is 81.9 cm³/mol. The normalized spacial score (nSPS) is 29.3. The summed E-state index contributed by atoms with van der Waals surface area (Å²) >= 11 is 0. The third kappa shape index (κ3) is 2.80. The summed E-state index contributed by atoms with van der Waals surface area (Å²) in [5.41, 5.74) is 0.429. The molecular formula is C17H22F2N2O2. The van der Waals surface area contributed by atoms with Gasteiger partial charge in [-0.05, 0) is 31.0 Å². The number of amides is 2. The van der Waals surface area contributed by atoms with Gasteiger partial charge >= 0.3 is 6.03 Å². The number of hydrogen-bond acceptors (Lipinski definition) is 2. The van der Waals surface area contributed by atoms with E-state index in [0.29, 0.717) is 11.5 Å². The van der Waals surface area contributed by atoms with Crippen molar-refractivity contribution < 1.29 is 18.3 Å². The molecule has 2 N–H and O–H groups in total. The van der Waals surface area contributed by atoms with Crippen LogP contribution in [0.4, 0.5) is 13.6 Å². The van der Waals surface area contributed by atoms with Crippen molar-refractivity contribution in [1.29, 1.82) is 0 Å². The number of nitrogens with one attached hydrogen (secondary N) is 2. The lowest BCUT2D eigenvalue weighted by Gasteiger charge is -2.54. The van der Waals surface area contributed by atoms with Crippen LogP contribution in [0.15, 0.2) is 18.2 Å². The number of carbonyl (C=O) groups is 1. The summed E-state index contributed by atoms with van der Waals surface area (Å²) in [6.45, 7) is 6.65. The minimum absolute atomic E-state index is 0.0622. The summed E-state index contributed by atoms with van der Waals surface area (Å²) in [6.07, 6.45) is 1.16. The van der Waals surface area contributed by atoms with Crippen molar-refractivity contribution in [2.45, 2.75) is 45.4 Å². The van der Waals surface area contributed by atoms with Crippen molar-refractivity contribution >= 4 is 6.03 Å². The van der Waals surface area contributed by atoms with Gasteiger partial charge in [-0.1, -0.05) is 19.9 Å². The van der Waals surface area contributed by atoms with E-state index in [1.54, 1.807) is 6.92 Å². The van der Waals surface area contributed by atoms with Gasteiger partial charge in [-0.3, -0.25) is 0 Å². The van der Waals surface area contributed by atoms with Crippen LogP contribution in [0.1, 0.15) is 38.8 Å². The van der Waals surface area contributed by atoms with Crippen molar-refractivity contribution in [1.82, 2.24) is 10.6 Å². The fourth-order valence-corrected chi connectivity index (χ4v) is 3.86. The molecule has 4 nitrogen and oxygen atoms in total. The Morgan fingerprint density at radius 1 is 1.35 bits per heavy atom. The lowest BCUT2D eigenvalue weighted by atomic mass is 9.57. The SMILES string of the molecule is C[C@H](NC(=O)N[C@@H]1[C@@H]2CCO[C@@H]2C1(C)C)c1ccc(F)c(F)c1. The first-order valence-corrected chi connectivity index (χ1v) is 7.94. The maximum Gasteiger partial charge on any atom is 0.315 e. The molecule has 0 spiro atoms. The summed E-state index contributed by atoms with van der Waals surface area (Å²) in [4.78, 5) is 12.2. The molecule has 2 fully saturated rings. The topological polar surface area (TPSA) is 50.4 Å². The minimum Gasteiger partial charge on any atom is -0.377 e. The number of hydrogen-bond donors (Lipinski definition) is 2. The highest BCUT2D eigenvalue weighted by Gasteiger charge is 2.59. The van der Waals surface area contributed by atoms with Crippen LogP contribution in [0.5, 0.6) is 0 Å². The van der Waals surface area contributed by atoms with Gasteiger partial charge in [0.25, 0.3) is 0 Å². The third-order valence-corrected chi connectivity index (χ3v) is 5.18. The second-order valence-electron chi connectivity index (χ2n) is 7.06. The van der Waals surface area contributed by atoms with Crippen molar-refractivity contribution in [3.8, 4) is 0 Å². The quantitative estimate of drug-likeness (QED) is 0.897. The van der Waals surface area contributed by atoms with E-state index in [9.17, 15) is 13.6 Å². The highest BCUT2D eigenvalue weighted by molar-refractivity contribution is 5.75. The van der Waals surface area contributed by atoms with Gasteiger partial charge in [-0.25, -0.2) is 13.6 Å². The van der Waals surface area contributed by atoms with Gasteiger partial charge in [0.1, 0.15) is 0 Å². The van der Waals surface area contributed by atoms with E-state index < -0.39 is 17.7 Å². The largest absolute Gasteiger partial charge is 0.377 e. The number of halogens is 2. The lowest BCUT2D eigenvalue weighted by molar-refractivity contribution is -0.108. The van der Waals surface area contributed by atoms with Crippen LogP contribution in [-0.2, 0) is 4.74 Å². The van der Waals surface area contributed by atoms with Crippen LogP contribution in [0.2, 0.25) is 0 Å². The molecule has 1 heterocycles. The first kappa shape index (κ1) is 16.2. The minimum atomic E-state index is -0.914. The number of urea groups is 1. The number of ether oxygens (including phenoxy) is 1. The highest BCUT2D eigenvalue weighted by atomic mass is 19.2. The van der Waals surface area contributed by atoms with Crippen LogP contribution in [-0.4, -0.2) is 24.8 Å². The average Bonchev–Trinajstić information content (AvgIpc) is 2.94. The van der Waals surface area contributed by atoms with E-state index in [1.165, 1.54) is 6.07 Å². The van der Waals surface area contributed by atoms with E-state index in [4.69, 9.17) is 4.74 Å². The van der Waals surface area contributed by atoms with Crippen LogP contribution in [0.3, 0.4) is 0 Å². The Hall–Kier alpha value is -1.69. The fourth-order valence-electron chi connectivity index (χ4n) is 3.86. The maximum atomic E-state index is 13.3. The van der Waals surface area contributed by atoms with Crippen molar-refractivity contribution in [3.63, 3.8) is 0 Å². The summed E-state index contributed by atoms with van der Waals surface area (Å²) in [5, 5.41) is 5.79. The summed E-state index contributed by atoms with van der Waals surface area (Å²) in [6, 6.07) is 2.99. The standard InChI is InChI=1S/C17H22F2N2O2/c1-9(10-4-5-12(18)13(19)8-10)20-16(22)21-14-11-6-7-23-15(11)17(14,2)3/h4-5,8-9,11,14-15H,6-7H2,1-3H3,(H2,20,21,22)/t9-,11-,14+,15-/m0/s1. The zero-order chi connectivity index (χ0) is 16.8. The van der Waals surface area contributed by atoms with Gasteiger partial charge in [0.15, 0.2) is 11.6 Å². The molecule has 2 amide bonds. The Kier molecular flexibility index (Phi) is 4.04. The van der Waals surface area contributed by atoms with E-state index in [1.807, 2.05) is 0 Å². The number of benzene rings is 1. The molecule has 0 bridgehead atoms. The molecule has 1 aliphatic heterocycles. The molecule has 2 aliphatic rings. The third-order valence-electron chi connectivity index (χ3n) is 5.18. The second kappa shape index (κ2) is 5.74. The number of carbonyl (C=O) groups excluding carboxylic acids is 1. The Labute approximate surface area is 134 Å². The van der Waals surface area contributed by atoms with Crippen LogP contribution < -0.4 is 10.6 Å². The smallest absolute Gasteiger partial charge is 0.315 e. The highest BCUT2D eigenvalue weighted by Crippen LogP contribution is 2.52. The van der Waals surface area contributed by atoms with Crippen LogP contribution in [0.25, 0.3) is 0 Å². The lowest BCUT2D eigenvalue weighted by Crippen LogP contribution is -2.67. The maximum absolute atomic E-state index is 13.3. The van der Waals surface area contributed by atoms with Gasteiger partial charge in [-0.2, -0.15) is 0 Å². The molecule has 1 aromatic carbocycles. The molecule has 1 aromatic rings. The van der Waals surface area contributed by atoms with Crippen molar-refractivity contribution in [2.75, 3.05) is 6.61 Å². The van der Waals surface area contributed by atoms with Gasteiger partial charge in [0.05, 0.1) is 12.1 Å². The van der Waals surface area contributed by atoms with E-state index in [2.05, 4.69) is 24.5 Å². The zero-order valence-electron chi connectivity index (χ0n) is 13.5. The fraction of sp³-hybridized carbons (Fsp3) is 0.588. The molecule has 126 valence electrons. The molecule has 4 atom stereocenters. The summed E-state index contributed by atoms with van der Waals surface area (Å²) in [5.74, 6) is -1.45. The zero-order valence-corrected chi connectivity index (χ0v) is 13.5. The Balaban J connectivity index is 1.60. The monoisotopic (exact) mass is 324 g/mol.